The maximum Gasteiger partial charge on any atom is 0.222 e. The molecule has 0 saturated heterocycles. The molecule has 1 heterocycles. The van der Waals surface area contributed by atoms with Crippen LogP contribution in [0.5, 0.6) is 11.5 Å². The number of nitrogens with zero attached hydrogens (tertiary/aromatic N) is 1. The summed E-state index contributed by atoms with van der Waals surface area (Å²) < 4.78 is 47.6. The van der Waals surface area contributed by atoms with Crippen LogP contribution in [-0.2, 0) is 29.3 Å². The van der Waals surface area contributed by atoms with Crippen LogP contribution < -0.4 is 9.46 Å². The molecule has 0 aliphatic heterocycles. The number of ether oxygens (including phenoxy) is 1. The zero-order chi connectivity index (χ0) is 28.6. The Bertz CT molecular complexity index is 1470. The highest BCUT2D eigenvalue weighted by Crippen LogP contribution is 2.47. The number of benzene rings is 2. The van der Waals surface area contributed by atoms with Gasteiger partial charge in [-0.05, 0) is 118 Å². The second kappa shape index (κ2) is 11.5. The van der Waals surface area contributed by atoms with Gasteiger partial charge in [-0.2, -0.15) is 0 Å². The zero-order valence-corrected chi connectivity index (χ0v) is 24.7. The van der Waals surface area contributed by atoms with Crippen molar-refractivity contribution in [1.82, 2.24) is 4.98 Å². The second-order valence-electron chi connectivity index (χ2n) is 11.8. The monoisotopic (exact) mass is 566 g/mol. The van der Waals surface area contributed by atoms with Gasteiger partial charge in [-0.1, -0.05) is 25.3 Å². The fourth-order valence-corrected chi connectivity index (χ4v) is 6.85. The van der Waals surface area contributed by atoms with E-state index in [0.29, 0.717) is 33.9 Å². The number of aromatic nitrogens is 1. The van der Waals surface area contributed by atoms with E-state index in [-0.39, 0.29) is 11.7 Å². The molecule has 2 N–H and O–H groups in total. The number of pyridine rings is 1. The molecule has 2 aromatic carbocycles. The highest BCUT2D eigenvalue weighted by Gasteiger charge is 2.31. The largest absolute Gasteiger partial charge is 0.457 e. The predicted molar refractivity (Wildman–Crippen MR) is 157 cm³/mol. The Morgan fingerprint density at radius 1 is 1.00 bits per heavy atom. The van der Waals surface area contributed by atoms with Crippen LogP contribution in [0, 0.1) is 19.7 Å². The minimum Gasteiger partial charge on any atom is -0.457 e. The van der Waals surface area contributed by atoms with E-state index in [2.05, 4.69) is 4.72 Å². The van der Waals surface area contributed by atoms with E-state index in [1.54, 1.807) is 33.8 Å². The Labute approximate surface area is 238 Å². The maximum atomic E-state index is 14.0. The van der Waals surface area contributed by atoms with Gasteiger partial charge in [0, 0.05) is 17.2 Å². The average molecular weight is 567 g/mol. The van der Waals surface area contributed by atoms with E-state index in [0.717, 1.165) is 79.4 Å². The molecule has 0 radical (unpaired) electrons. The first-order valence-corrected chi connectivity index (χ1v) is 15.5. The molecule has 0 unspecified atom stereocenters. The Hall–Kier alpha value is -2.97. The molecular formula is C32H39FN2O4S. The number of fused-ring (bicyclic) bond motifs is 1. The summed E-state index contributed by atoms with van der Waals surface area (Å²) in [5.74, 6) is 0.955. The molecular weight excluding hydrogens is 527 g/mol. The smallest absolute Gasteiger partial charge is 0.222 e. The van der Waals surface area contributed by atoms with Crippen molar-refractivity contribution in [3.05, 3.63) is 69.8 Å². The first-order chi connectivity index (χ1) is 19.0. The lowest BCUT2D eigenvalue weighted by molar-refractivity contribution is 0.0791. The molecule has 8 heteroatoms. The van der Waals surface area contributed by atoms with Crippen LogP contribution in [0.1, 0.15) is 98.4 Å². The minimum atomic E-state index is -2.95. The van der Waals surface area contributed by atoms with Gasteiger partial charge in [-0.25, -0.2) is 12.8 Å². The maximum absolute atomic E-state index is 14.0. The Balaban J connectivity index is 1.77. The third kappa shape index (κ3) is 5.88. The van der Waals surface area contributed by atoms with Crippen LogP contribution in [0.4, 0.5) is 10.1 Å². The number of aryl methyl sites for hydroxylation is 3. The Morgan fingerprint density at radius 2 is 1.68 bits per heavy atom. The lowest BCUT2D eigenvalue weighted by Crippen LogP contribution is -2.20. The third-order valence-corrected chi connectivity index (χ3v) is 8.67. The van der Waals surface area contributed by atoms with Crippen LogP contribution in [-0.4, -0.2) is 18.5 Å². The summed E-state index contributed by atoms with van der Waals surface area (Å²) in [5.41, 5.74) is 5.72. The van der Waals surface area contributed by atoms with Crippen molar-refractivity contribution in [1.29, 1.82) is 0 Å². The first kappa shape index (κ1) is 28.6. The molecule has 1 aromatic heterocycles. The third-order valence-electron chi connectivity index (χ3n) is 8.26. The summed E-state index contributed by atoms with van der Waals surface area (Å²) in [6, 6.07) is 8.41. The SMILES string of the molecule is Cc1cc(F)cc(C)c1Oc1ccc(C(C)(C)O)c(-c2c3c(nc(C4CCCCC4)c2N[SH](=O)=O)CCCC3)c1. The molecule has 0 amide bonds. The number of hydrogen-bond acceptors (Lipinski definition) is 5. The van der Waals surface area contributed by atoms with Gasteiger partial charge in [0.15, 0.2) is 0 Å². The molecule has 1 fully saturated rings. The van der Waals surface area contributed by atoms with E-state index in [9.17, 15) is 17.9 Å². The second-order valence-corrected chi connectivity index (χ2v) is 12.6. The van der Waals surface area contributed by atoms with Crippen molar-refractivity contribution < 1.29 is 22.7 Å². The molecule has 2 aliphatic carbocycles. The van der Waals surface area contributed by atoms with E-state index in [4.69, 9.17) is 9.72 Å². The predicted octanol–water partition coefficient (Wildman–Crippen LogP) is 7.39. The first-order valence-electron chi connectivity index (χ1n) is 14.3. The molecule has 1 saturated carbocycles. The van der Waals surface area contributed by atoms with Gasteiger partial charge >= 0.3 is 0 Å². The van der Waals surface area contributed by atoms with E-state index >= 15 is 0 Å². The highest BCUT2D eigenvalue weighted by molar-refractivity contribution is 7.73. The van der Waals surface area contributed by atoms with Gasteiger partial charge in [0.25, 0.3) is 0 Å². The molecule has 0 spiro atoms. The molecule has 214 valence electrons. The van der Waals surface area contributed by atoms with Crippen molar-refractivity contribution in [3.8, 4) is 22.6 Å². The lowest BCUT2D eigenvalue weighted by Gasteiger charge is -2.31. The number of halogens is 1. The van der Waals surface area contributed by atoms with E-state index in [1.807, 2.05) is 12.1 Å². The van der Waals surface area contributed by atoms with Gasteiger partial charge in [-0.3, -0.25) is 9.71 Å². The van der Waals surface area contributed by atoms with Crippen molar-refractivity contribution in [2.75, 3.05) is 4.72 Å². The number of thiol groups is 1. The van der Waals surface area contributed by atoms with Gasteiger partial charge in [0.1, 0.15) is 17.3 Å². The number of anilines is 1. The van der Waals surface area contributed by atoms with E-state index < -0.39 is 16.5 Å². The van der Waals surface area contributed by atoms with Crippen LogP contribution in [0.3, 0.4) is 0 Å². The fourth-order valence-electron chi connectivity index (χ4n) is 6.44. The minimum absolute atomic E-state index is 0.173. The lowest BCUT2D eigenvalue weighted by atomic mass is 9.80. The zero-order valence-electron chi connectivity index (χ0n) is 23.8. The van der Waals surface area contributed by atoms with Gasteiger partial charge in [0.2, 0.25) is 10.9 Å². The van der Waals surface area contributed by atoms with Crippen molar-refractivity contribution in [3.63, 3.8) is 0 Å². The van der Waals surface area contributed by atoms with Gasteiger partial charge in [0.05, 0.1) is 17.0 Å². The summed E-state index contributed by atoms with van der Waals surface area (Å²) >= 11 is 0. The topological polar surface area (TPSA) is 88.5 Å². The fraction of sp³-hybridized carbons (Fsp3) is 0.469. The summed E-state index contributed by atoms with van der Waals surface area (Å²) in [6.45, 7) is 7.08. The Kier molecular flexibility index (Phi) is 8.20. The van der Waals surface area contributed by atoms with Gasteiger partial charge in [-0.15, -0.1) is 0 Å². The van der Waals surface area contributed by atoms with Crippen LogP contribution in [0.15, 0.2) is 30.3 Å². The van der Waals surface area contributed by atoms with Crippen molar-refractivity contribution >= 4 is 16.6 Å². The van der Waals surface area contributed by atoms with Crippen molar-refractivity contribution in [2.45, 2.75) is 97.0 Å². The number of nitrogens with one attached hydrogen (secondary N) is 1. The molecule has 0 atom stereocenters. The molecule has 6 nitrogen and oxygen atoms in total. The highest BCUT2D eigenvalue weighted by atomic mass is 32.2. The van der Waals surface area contributed by atoms with Gasteiger partial charge < -0.3 is 9.84 Å². The number of rotatable bonds is 7. The van der Waals surface area contributed by atoms with E-state index in [1.165, 1.54) is 18.6 Å². The summed E-state index contributed by atoms with van der Waals surface area (Å²) in [7, 11) is -2.95. The molecule has 0 bridgehead atoms. The molecule has 40 heavy (non-hydrogen) atoms. The molecule has 5 rings (SSSR count). The normalized spacial score (nSPS) is 16.2. The average Bonchev–Trinajstić information content (AvgIpc) is 2.90. The molecule has 3 aromatic rings. The molecule has 2 aliphatic rings. The summed E-state index contributed by atoms with van der Waals surface area (Å²) in [5, 5.41) is 11.3. The summed E-state index contributed by atoms with van der Waals surface area (Å²) in [4.78, 5) is 5.13. The Morgan fingerprint density at radius 3 is 2.33 bits per heavy atom. The summed E-state index contributed by atoms with van der Waals surface area (Å²) in [6.07, 6.45) is 8.95. The quantitative estimate of drug-likeness (QED) is 0.260. The number of aliphatic hydroxyl groups is 1. The van der Waals surface area contributed by atoms with Crippen molar-refractivity contribution in [2.24, 2.45) is 0 Å². The standard InChI is InChI=1S/C32H39FN2O4S/c1-19-16-22(33)17-20(2)31(19)39-23-14-15-26(32(3,4)36)25(18-23)28-24-12-8-9-13-27(24)34-29(30(28)35-40(37)38)21-10-6-5-7-11-21/h14-18,21,36,40H,5-13H2,1-4H3,(H,35,37,38). The number of hydrogen-bond donors (Lipinski definition) is 3. The van der Waals surface area contributed by atoms with Crippen LogP contribution >= 0.6 is 0 Å². The van der Waals surface area contributed by atoms with Crippen LogP contribution in [0.25, 0.3) is 11.1 Å². The van der Waals surface area contributed by atoms with Crippen LogP contribution in [0.2, 0.25) is 0 Å².